The summed E-state index contributed by atoms with van der Waals surface area (Å²) < 4.78 is 13.9. The zero-order valence-electron chi connectivity index (χ0n) is 11.4. The standard InChI is InChI=1S/C10H13ClFN5O4S/c1-22-7(5-14-9(19)16(15-21)3-2-11)17-8(18)6(12)4-13-10(17)20/h4,7H,2-3,5H2,1H3,(H,13,20)(H,14,19). The van der Waals surface area contributed by atoms with Crippen LogP contribution in [0.15, 0.2) is 21.1 Å². The molecule has 0 aliphatic carbocycles. The summed E-state index contributed by atoms with van der Waals surface area (Å²) in [5, 5.41) is 4.51. The maximum absolute atomic E-state index is 13.3. The van der Waals surface area contributed by atoms with Gasteiger partial charge < -0.3 is 10.3 Å². The predicted octanol–water partition coefficient (Wildman–Crippen LogP) is 0.469. The molecule has 0 aliphatic heterocycles. The Bertz CT molecular complexity index is 651. The molecule has 0 radical (unpaired) electrons. The van der Waals surface area contributed by atoms with Crippen LogP contribution in [0.25, 0.3) is 0 Å². The minimum Gasteiger partial charge on any atom is -0.333 e. The van der Waals surface area contributed by atoms with Crippen LogP contribution in [0.3, 0.4) is 0 Å². The molecule has 0 spiro atoms. The van der Waals surface area contributed by atoms with Gasteiger partial charge in [0.05, 0.1) is 11.8 Å². The first-order valence-electron chi connectivity index (χ1n) is 5.93. The molecular formula is C10H13ClFN5O4S. The average molecular weight is 354 g/mol. The maximum Gasteiger partial charge on any atom is 0.340 e. The number of aromatic amines is 1. The highest BCUT2D eigenvalue weighted by Gasteiger charge is 2.20. The first-order valence-corrected chi connectivity index (χ1v) is 7.75. The Kier molecular flexibility index (Phi) is 7.05. The molecule has 1 rings (SSSR count). The number of H-pyrrole nitrogens is 1. The van der Waals surface area contributed by atoms with Gasteiger partial charge in [-0.1, -0.05) is 0 Å². The number of alkyl halides is 1. The number of nitroso groups, excluding NO2 is 1. The van der Waals surface area contributed by atoms with Crippen molar-refractivity contribution in [3.05, 3.63) is 37.8 Å². The molecule has 1 atom stereocenters. The molecule has 0 saturated heterocycles. The monoisotopic (exact) mass is 353 g/mol. The molecule has 1 heterocycles. The Balaban J connectivity index is 2.89. The molecule has 1 unspecified atom stereocenters. The van der Waals surface area contributed by atoms with Crippen LogP contribution < -0.4 is 16.6 Å². The Labute approximate surface area is 132 Å². The largest absolute Gasteiger partial charge is 0.340 e. The van der Waals surface area contributed by atoms with Crippen LogP contribution in [0.2, 0.25) is 0 Å². The van der Waals surface area contributed by atoms with Gasteiger partial charge in [-0.3, -0.25) is 4.79 Å². The van der Waals surface area contributed by atoms with Crippen molar-refractivity contribution in [2.75, 3.05) is 25.2 Å². The Hall–Kier alpha value is -1.88. The van der Waals surface area contributed by atoms with E-state index in [0.29, 0.717) is 15.8 Å². The highest BCUT2D eigenvalue weighted by molar-refractivity contribution is 7.98. The smallest absolute Gasteiger partial charge is 0.333 e. The van der Waals surface area contributed by atoms with Gasteiger partial charge >= 0.3 is 11.7 Å². The van der Waals surface area contributed by atoms with Crippen LogP contribution in [0, 0.1) is 10.7 Å². The molecule has 12 heteroatoms. The molecule has 0 aliphatic rings. The van der Waals surface area contributed by atoms with Crippen molar-refractivity contribution >= 4 is 29.4 Å². The van der Waals surface area contributed by atoms with Crippen molar-refractivity contribution in [3.63, 3.8) is 0 Å². The third kappa shape index (κ3) is 4.31. The zero-order valence-corrected chi connectivity index (χ0v) is 13.0. The third-order valence-corrected chi connectivity index (χ3v) is 3.67. The first-order chi connectivity index (χ1) is 10.5. The lowest BCUT2D eigenvalue weighted by molar-refractivity contribution is 0.201. The molecule has 122 valence electrons. The summed E-state index contributed by atoms with van der Waals surface area (Å²) in [7, 11) is 0. The van der Waals surface area contributed by atoms with Crippen molar-refractivity contribution < 1.29 is 9.18 Å². The molecule has 1 aromatic heterocycles. The lowest BCUT2D eigenvalue weighted by atomic mass is 10.5. The highest BCUT2D eigenvalue weighted by atomic mass is 35.5. The predicted molar refractivity (Wildman–Crippen MR) is 80.5 cm³/mol. The number of halogens is 2. The van der Waals surface area contributed by atoms with Crippen LogP contribution in [0.5, 0.6) is 0 Å². The van der Waals surface area contributed by atoms with Crippen LogP contribution in [-0.2, 0) is 0 Å². The van der Waals surface area contributed by atoms with Crippen molar-refractivity contribution in [1.82, 2.24) is 19.9 Å². The fraction of sp³-hybridized carbons (Fsp3) is 0.500. The number of nitrogens with zero attached hydrogens (tertiary/aromatic N) is 3. The molecule has 22 heavy (non-hydrogen) atoms. The first kappa shape index (κ1) is 18.2. The fourth-order valence-corrected chi connectivity index (χ4v) is 2.34. The second-order valence-corrected chi connectivity index (χ2v) is 5.28. The SMILES string of the molecule is CSC(CNC(=O)N(CCCl)N=O)n1c(=O)[nH]cc(F)c1=O. The number of hydrogen-bond acceptors (Lipinski definition) is 6. The number of hydrogen-bond donors (Lipinski definition) is 2. The van der Waals surface area contributed by atoms with Crippen molar-refractivity contribution in [1.29, 1.82) is 0 Å². The van der Waals surface area contributed by atoms with E-state index in [0.717, 1.165) is 11.8 Å². The lowest BCUT2D eigenvalue weighted by Crippen LogP contribution is -2.44. The number of nitrogens with one attached hydrogen (secondary N) is 2. The highest BCUT2D eigenvalue weighted by Crippen LogP contribution is 2.15. The summed E-state index contributed by atoms with van der Waals surface area (Å²) in [5.74, 6) is -1.11. The summed E-state index contributed by atoms with van der Waals surface area (Å²) in [6.45, 7) is -0.290. The van der Waals surface area contributed by atoms with Gasteiger partial charge in [0.15, 0.2) is 0 Å². The van der Waals surface area contributed by atoms with Gasteiger partial charge in [0.25, 0.3) is 5.56 Å². The molecule has 9 nitrogen and oxygen atoms in total. The van der Waals surface area contributed by atoms with Crippen LogP contribution >= 0.6 is 23.4 Å². The molecule has 2 amide bonds. The summed E-state index contributed by atoms with van der Waals surface area (Å²) in [4.78, 5) is 47.5. The number of amides is 2. The summed E-state index contributed by atoms with van der Waals surface area (Å²) in [5.41, 5.74) is -1.92. The molecule has 1 aromatic rings. The van der Waals surface area contributed by atoms with E-state index in [9.17, 15) is 23.7 Å². The average Bonchev–Trinajstić information content (AvgIpc) is 2.51. The number of thioether (sulfide) groups is 1. The number of carbonyl (C=O) groups excluding carboxylic acids is 1. The van der Waals surface area contributed by atoms with E-state index in [2.05, 4.69) is 15.6 Å². The quantitative estimate of drug-likeness (QED) is 0.420. The van der Waals surface area contributed by atoms with E-state index in [1.165, 1.54) is 0 Å². The molecule has 0 fully saturated rings. The fourth-order valence-electron chi connectivity index (χ4n) is 1.53. The Morgan fingerprint density at radius 3 is 2.86 bits per heavy atom. The van der Waals surface area contributed by atoms with Gasteiger partial charge in [-0.25, -0.2) is 14.2 Å². The second-order valence-electron chi connectivity index (χ2n) is 3.89. The minimum atomic E-state index is -1.12. The van der Waals surface area contributed by atoms with Crippen molar-refractivity contribution in [2.24, 2.45) is 5.29 Å². The van der Waals surface area contributed by atoms with E-state index in [1.807, 2.05) is 0 Å². The second kappa shape index (κ2) is 8.54. The lowest BCUT2D eigenvalue weighted by Gasteiger charge is -2.19. The third-order valence-electron chi connectivity index (χ3n) is 2.58. The molecule has 0 saturated carbocycles. The zero-order chi connectivity index (χ0) is 16.7. The number of aromatic nitrogens is 2. The summed E-state index contributed by atoms with van der Waals surface area (Å²) in [6.07, 6.45) is 2.23. The molecule has 0 bridgehead atoms. The number of carbonyl (C=O) groups is 1. The summed E-state index contributed by atoms with van der Waals surface area (Å²) in [6, 6.07) is -0.837. The minimum absolute atomic E-state index is 0.00807. The van der Waals surface area contributed by atoms with Gasteiger partial charge in [0, 0.05) is 18.6 Å². The topological polar surface area (TPSA) is 117 Å². The summed E-state index contributed by atoms with van der Waals surface area (Å²) >= 11 is 6.45. The van der Waals surface area contributed by atoms with Gasteiger partial charge in [-0.2, -0.15) is 9.40 Å². The maximum atomic E-state index is 13.3. The van der Waals surface area contributed by atoms with Gasteiger partial charge in [-0.15, -0.1) is 28.3 Å². The number of urea groups is 1. The van der Waals surface area contributed by atoms with E-state index >= 15 is 0 Å². The Morgan fingerprint density at radius 2 is 2.32 bits per heavy atom. The number of rotatable bonds is 7. The Morgan fingerprint density at radius 1 is 1.64 bits per heavy atom. The van der Waals surface area contributed by atoms with Gasteiger partial charge in [0.2, 0.25) is 5.82 Å². The molecule has 0 aromatic carbocycles. The molecular weight excluding hydrogens is 341 g/mol. The van der Waals surface area contributed by atoms with E-state index in [-0.39, 0.29) is 19.0 Å². The molecule has 2 N–H and O–H groups in total. The van der Waals surface area contributed by atoms with Crippen LogP contribution in [0.1, 0.15) is 5.37 Å². The van der Waals surface area contributed by atoms with Gasteiger partial charge in [0.1, 0.15) is 5.37 Å². The normalized spacial score (nSPS) is 11.8. The van der Waals surface area contributed by atoms with Gasteiger partial charge in [-0.05, 0) is 6.26 Å². The van der Waals surface area contributed by atoms with E-state index in [1.54, 1.807) is 6.26 Å². The van der Waals surface area contributed by atoms with E-state index in [4.69, 9.17) is 11.6 Å². The van der Waals surface area contributed by atoms with Crippen molar-refractivity contribution in [2.45, 2.75) is 5.37 Å². The van der Waals surface area contributed by atoms with Crippen molar-refractivity contribution in [3.8, 4) is 0 Å². The van der Waals surface area contributed by atoms with Crippen LogP contribution in [0.4, 0.5) is 9.18 Å². The van der Waals surface area contributed by atoms with Crippen LogP contribution in [-0.4, -0.2) is 45.8 Å². The van der Waals surface area contributed by atoms with E-state index < -0.39 is 28.5 Å².